The van der Waals surface area contributed by atoms with Crippen molar-refractivity contribution in [3.63, 3.8) is 0 Å². The van der Waals surface area contributed by atoms with E-state index in [0.29, 0.717) is 22.2 Å². The highest BCUT2D eigenvalue weighted by Crippen LogP contribution is 2.31. The molecule has 160 valence electrons. The van der Waals surface area contributed by atoms with Crippen molar-refractivity contribution in [1.29, 1.82) is 0 Å². The fourth-order valence-corrected chi connectivity index (χ4v) is 4.20. The number of nitrogens with zero attached hydrogens (tertiary/aromatic N) is 3. The molecule has 1 unspecified atom stereocenters. The number of hydrogen-bond acceptors (Lipinski definition) is 7. The summed E-state index contributed by atoms with van der Waals surface area (Å²) in [5, 5.41) is 14.3. The number of para-hydroxylation sites is 1. The molecule has 0 bridgehead atoms. The lowest BCUT2D eigenvalue weighted by Crippen LogP contribution is -2.46. The second-order valence-corrected chi connectivity index (χ2v) is 7.66. The molecule has 2 aromatic heterocycles. The van der Waals surface area contributed by atoms with E-state index in [2.05, 4.69) is 20.8 Å². The number of urea groups is 1. The largest absolute Gasteiger partial charge is 0.467 e. The van der Waals surface area contributed by atoms with Gasteiger partial charge in [0.1, 0.15) is 18.1 Å². The van der Waals surface area contributed by atoms with E-state index in [1.165, 1.54) is 18.0 Å². The van der Waals surface area contributed by atoms with Crippen LogP contribution in [-0.4, -0.2) is 39.1 Å². The Labute approximate surface area is 182 Å². The van der Waals surface area contributed by atoms with Crippen molar-refractivity contribution in [1.82, 2.24) is 25.4 Å². The molecule has 0 aliphatic carbocycles. The van der Waals surface area contributed by atoms with Crippen molar-refractivity contribution in [2.45, 2.75) is 25.0 Å². The summed E-state index contributed by atoms with van der Waals surface area (Å²) in [6, 6.07) is 10.1. The second-order valence-electron chi connectivity index (χ2n) is 6.72. The van der Waals surface area contributed by atoms with Gasteiger partial charge >= 0.3 is 12.0 Å². The fourth-order valence-electron chi connectivity index (χ4n) is 3.31. The van der Waals surface area contributed by atoms with E-state index in [-0.39, 0.29) is 12.4 Å². The van der Waals surface area contributed by atoms with Gasteiger partial charge in [-0.05, 0) is 37.6 Å². The van der Waals surface area contributed by atoms with Crippen molar-refractivity contribution in [3.8, 4) is 5.69 Å². The normalized spacial score (nSPS) is 16.1. The highest BCUT2D eigenvalue weighted by Gasteiger charge is 2.35. The second kappa shape index (κ2) is 9.09. The van der Waals surface area contributed by atoms with Crippen molar-refractivity contribution in [3.05, 3.63) is 71.6 Å². The third-order valence-electron chi connectivity index (χ3n) is 4.71. The van der Waals surface area contributed by atoms with Gasteiger partial charge in [0.2, 0.25) is 0 Å². The van der Waals surface area contributed by atoms with E-state index in [0.717, 1.165) is 11.3 Å². The Morgan fingerprint density at radius 2 is 2.13 bits per heavy atom. The molecule has 0 fully saturated rings. The molecular formula is C21H21N5O4S. The average molecular weight is 439 g/mol. The minimum atomic E-state index is -0.743. The number of esters is 1. The molecule has 1 aromatic carbocycles. The van der Waals surface area contributed by atoms with E-state index in [9.17, 15) is 9.59 Å². The molecule has 2 amide bonds. The molecule has 1 aliphatic heterocycles. The first-order valence-corrected chi connectivity index (χ1v) is 10.7. The molecule has 1 atom stereocenters. The van der Waals surface area contributed by atoms with Crippen LogP contribution in [0.4, 0.5) is 4.79 Å². The van der Waals surface area contributed by atoms with Crippen LogP contribution in [0.5, 0.6) is 0 Å². The topological polar surface area (TPSA) is 111 Å². The molecule has 3 aromatic rings. The van der Waals surface area contributed by atoms with E-state index in [4.69, 9.17) is 9.15 Å². The maximum Gasteiger partial charge on any atom is 0.338 e. The highest BCUT2D eigenvalue weighted by molar-refractivity contribution is 7.99. The number of aromatic nitrogens is 3. The van der Waals surface area contributed by atoms with Crippen LogP contribution in [0.25, 0.3) is 5.69 Å². The van der Waals surface area contributed by atoms with Crippen molar-refractivity contribution in [2.75, 3.05) is 12.4 Å². The van der Waals surface area contributed by atoms with Crippen molar-refractivity contribution < 1.29 is 18.7 Å². The number of nitrogens with one attached hydrogen (secondary N) is 2. The minimum Gasteiger partial charge on any atom is -0.467 e. The first-order valence-electron chi connectivity index (χ1n) is 9.68. The number of ether oxygens (including phenoxy) is 1. The van der Waals surface area contributed by atoms with Gasteiger partial charge in [-0.25, -0.2) is 9.59 Å². The van der Waals surface area contributed by atoms with Crippen LogP contribution in [-0.2, 0) is 9.53 Å². The molecule has 9 nitrogen and oxygen atoms in total. The van der Waals surface area contributed by atoms with Crippen LogP contribution in [0.2, 0.25) is 0 Å². The summed E-state index contributed by atoms with van der Waals surface area (Å²) < 4.78 is 12.6. The first kappa shape index (κ1) is 20.7. The quantitative estimate of drug-likeness (QED) is 0.430. The van der Waals surface area contributed by atoms with Gasteiger partial charge in [-0.15, -0.1) is 10.2 Å². The molecule has 0 radical (unpaired) electrons. The van der Waals surface area contributed by atoms with Crippen molar-refractivity contribution in [2.24, 2.45) is 0 Å². The first-order chi connectivity index (χ1) is 15.1. The summed E-state index contributed by atoms with van der Waals surface area (Å²) in [4.78, 5) is 25.1. The number of benzene rings is 1. The summed E-state index contributed by atoms with van der Waals surface area (Å²) in [7, 11) is 0. The summed E-state index contributed by atoms with van der Waals surface area (Å²) in [5.74, 6) is 0.208. The Bertz CT molecular complexity index is 1120. The van der Waals surface area contributed by atoms with Gasteiger partial charge in [0.25, 0.3) is 0 Å². The summed E-state index contributed by atoms with van der Waals surface area (Å²) >= 11 is 1.35. The Balaban J connectivity index is 1.66. The van der Waals surface area contributed by atoms with E-state index >= 15 is 0 Å². The third-order valence-corrected chi connectivity index (χ3v) is 5.68. The maximum absolute atomic E-state index is 12.8. The fraction of sp³-hybridized carbons (Fsp3) is 0.238. The van der Waals surface area contributed by atoms with Gasteiger partial charge in [-0.2, -0.15) is 0 Å². The summed E-state index contributed by atoms with van der Waals surface area (Å²) in [6.07, 6.45) is 3.13. The summed E-state index contributed by atoms with van der Waals surface area (Å²) in [6.45, 7) is 3.95. The lowest BCUT2D eigenvalue weighted by atomic mass is 10.0. The van der Waals surface area contributed by atoms with E-state index in [1.807, 2.05) is 35.8 Å². The molecule has 10 heteroatoms. The number of furan rings is 1. The van der Waals surface area contributed by atoms with Gasteiger partial charge in [0, 0.05) is 11.4 Å². The Morgan fingerprint density at radius 3 is 2.87 bits per heavy atom. The van der Waals surface area contributed by atoms with Crippen LogP contribution >= 0.6 is 11.8 Å². The third kappa shape index (κ3) is 4.33. The standard InChI is InChI=1S/C21H21N5O4S/c1-3-29-19(27)17-14(23-20(28)24-18(17)16-9-6-10-30-16)11-31-21-25-22-12-26(21)15-8-5-4-7-13(15)2/h4-10,12,18H,3,11H2,1-2H3,(H2,23,24,28). The number of thioether (sulfide) groups is 1. The predicted molar refractivity (Wildman–Crippen MR) is 114 cm³/mol. The van der Waals surface area contributed by atoms with Gasteiger partial charge in [-0.3, -0.25) is 4.57 Å². The number of rotatable bonds is 7. The predicted octanol–water partition coefficient (Wildman–Crippen LogP) is 3.13. The molecule has 4 rings (SSSR count). The highest BCUT2D eigenvalue weighted by atomic mass is 32.2. The molecule has 31 heavy (non-hydrogen) atoms. The lowest BCUT2D eigenvalue weighted by Gasteiger charge is -2.27. The number of carbonyl (C=O) groups is 2. The zero-order valence-electron chi connectivity index (χ0n) is 17.0. The molecule has 0 saturated carbocycles. The van der Waals surface area contributed by atoms with Crippen LogP contribution in [0.3, 0.4) is 0 Å². The molecule has 0 spiro atoms. The SMILES string of the molecule is CCOC(=O)C1=C(CSc2nncn2-c2ccccc2C)NC(=O)NC1c1ccco1. The van der Waals surface area contributed by atoms with Crippen LogP contribution in [0, 0.1) is 6.92 Å². The number of hydrogen-bond donors (Lipinski definition) is 2. The number of carbonyl (C=O) groups excluding carboxylic acids is 2. The Hall–Kier alpha value is -3.53. The molecule has 3 heterocycles. The average Bonchev–Trinajstić information content (AvgIpc) is 3.44. The van der Waals surface area contributed by atoms with E-state index < -0.39 is 18.0 Å². The monoisotopic (exact) mass is 439 g/mol. The molecule has 2 N–H and O–H groups in total. The Kier molecular flexibility index (Phi) is 6.08. The molecular weight excluding hydrogens is 418 g/mol. The molecule has 0 saturated heterocycles. The van der Waals surface area contributed by atoms with Gasteiger partial charge in [0.05, 0.1) is 24.1 Å². The Morgan fingerprint density at radius 1 is 1.29 bits per heavy atom. The van der Waals surface area contributed by atoms with Crippen LogP contribution < -0.4 is 10.6 Å². The van der Waals surface area contributed by atoms with Gasteiger partial charge in [0.15, 0.2) is 5.16 Å². The lowest BCUT2D eigenvalue weighted by molar-refractivity contribution is -0.139. The minimum absolute atomic E-state index is 0.211. The zero-order valence-corrected chi connectivity index (χ0v) is 17.8. The van der Waals surface area contributed by atoms with Gasteiger partial charge in [-0.1, -0.05) is 30.0 Å². The van der Waals surface area contributed by atoms with Crippen molar-refractivity contribution >= 4 is 23.8 Å². The number of amides is 2. The zero-order chi connectivity index (χ0) is 21.8. The van der Waals surface area contributed by atoms with Crippen LogP contribution in [0.15, 0.2) is 69.8 Å². The van der Waals surface area contributed by atoms with Crippen LogP contribution in [0.1, 0.15) is 24.3 Å². The summed E-state index contributed by atoms with van der Waals surface area (Å²) in [5.41, 5.74) is 2.76. The smallest absolute Gasteiger partial charge is 0.338 e. The molecule has 1 aliphatic rings. The number of aryl methyl sites for hydroxylation is 1. The maximum atomic E-state index is 12.8. The van der Waals surface area contributed by atoms with Gasteiger partial charge < -0.3 is 19.8 Å². The van der Waals surface area contributed by atoms with E-state index in [1.54, 1.807) is 25.4 Å².